The van der Waals surface area contributed by atoms with Crippen LogP contribution in [0.15, 0.2) is 6.33 Å². The van der Waals surface area contributed by atoms with Gasteiger partial charge in [0.1, 0.15) is 12.2 Å². The summed E-state index contributed by atoms with van der Waals surface area (Å²) in [5.41, 5.74) is 0.255. The van der Waals surface area contributed by atoms with Crippen LogP contribution in [0.25, 0.3) is 0 Å². The largest absolute Gasteiger partial charge is 0.317 e. The molecule has 18 heavy (non-hydrogen) atoms. The van der Waals surface area contributed by atoms with E-state index in [0.717, 1.165) is 19.6 Å². The van der Waals surface area contributed by atoms with Crippen molar-refractivity contribution >= 4 is 0 Å². The first kappa shape index (κ1) is 13.5. The van der Waals surface area contributed by atoms with Crippen molar-refractivity contribution in [3.63, 3.8) is 0 Å². The summed E-state index contributed by atoms with van der Waals surface area (Å²) in [5, 5.41) is 12.1. The van der Waals surface area contributed by atoms with Gasteiger partial charge in [-0.3, -0.25) is 0 Å². The first-order chi connectivity index (χ1) is 8.68. The van der Waals surface area contributed by atoms with Gasteiger partial charge in [0.25, 0.3) is 0 Å². The van der Waals surface area contributed by atoms with Crippen LogP contribution < -0.4 is 5.32 Å². The Morgan fingerprint density at radius 3 is 2.72 bits per heavy atom. The summed E-state index contributed by atoms with van der Waals surface area (Å²) in [6.07, 6.45) is 6.74. The molecule has 1 aromatic rings. The molecule has 0 saturated carbocycles. The number of nitrogens with zero attached hydrogens (tertiary/aromatic N) is 3. The summed E-state index contributed by atoms with van der Waals surface area (Å²) < 4.78 is 2.28. The van der Waals surface area contributed by atoms with Crippen molar-refractivity contribution in [3.8, 4) is 0 Å². The number of hydrogen-bond acceptors (Lipinski definition) is 3. The van der Waals surface area contributed by atoms with Crippen LogP contribution in [0.5, 0.6) is 0 Å². The topological polar surface area (TPSA) is 42.7 Å². The van der Waals surface area contributed by atoms with Crippen LogP contribution in [-0.2, 0) is 12.0 Å². The van der Waals surface area contributed by atoms with Crippen molar-refractivity contribution < 1.29 is 0 Å². The maximum Gasteiger partial charge on any atom is 0.139 e. The van der Waals surface area contributed by atoms with Gasteiger partial charge in [-0.05, 0) is 38.3 Å². The molecule has 2 rings (SSSR count). The van der Waals surface area contributed by atoms with Crippen LogP contribution in [0, 0.1) is 5.92 Å². The van der Waals surface area contributed by atoms with Crippen LogP contribution >= 0.6 is 0 Å². The fraction of sp³-hybridized carbons (Fsp3) is 0.857. The fourth-order valence-electron chi connectivity index (χ4n) is 3.16. The molecule has 0 unspecified atom stereocenters. The van der Waals surface area contributed by atoms with Gasteiger partial charge in [0, 0.05) is 12.0 Å². The molecule has 102 valence electrons. The zero-order valence-corrected chi connectivity index (χ0v) is 11.9. The van der Waals surface area contributed by atoms with Crippen LogP contribution in [0.2, 0.25) is 0 Å². The standard InChI is InChI=1S/C14H26N4/c1-4-5-14(6-8-15-9-7-14)13-17-16-11-18(13)10-12(2)3/h11-12,15H,4-10H2,1-3H3. The van der Waals surface area contributed by atoms with E-state index < -0.39 is 0 Å². The molecule has 0 aromatic carbocycles. The molecule has 4 nitrogen and oxygen atoms in total. The van der Waals surface area contributed by atoms with Crippen molar-refractivity contribution in [3.05, 3.63) is 12.2 Å². The van der Waals surface area contributed by atoms with Gasteiger partial charge in [-0.1, -0.05) is 27.2 Å². The minimum atomic E-state index is 0.255. The third-order valence-corrected chi connectivity index (χ3v) is 3.94. The predicted molar refractivity (Wildman–Crippen MR) is 73.5 cm³/mol. The summed E-state index contributed by atoms with van der Waals surface area (Å²) in [4.78, 5) is 0. The van der Waals surface area contributed by atoms with Crippen molar-refractivity contribution in [2.24, 2.45) is 5.92 Å². The minimum absolute atomic E-state index is 0.255. The molecule has 0 radical (unpaired) electrons. The molecule has 0 spiro atoms. The maximum absolute atomic E-state index is 4.47. The lowest BCUT2D eigenvalue weighted by Gasteiger charge is -2.37. The van der Waals surface area contributed by atoms with Gasteiger partial charge < -0.3 is 9.88 Å². The van der Waals surface area contributed by atoms with E-state index in [9.17, 15) is 0 Å². The van der Waals surface area contributed by atoms with Crippen LogP contribution in [0.3, 0.4) is 0 Å². The molecule has 1 aliphatic rings. The summed E-state index contributed by atoms with van der Waals surface area (Å²) in [7, 11) is 0. The molecule has 1 aliphatic heterocycles. The van der Waals surface area contributed by atoms with Crippen LogP contribution in [0.4, 0.5) is 0 Å². The smallest absolute Gasteiger partial charge is 0.139 e. The molecular formula is C14H26N4. The summed E-state index contributed by atoms with van der Waals surface area (Å²) in [5.74, 6) is 1.86. The average Bonchev–Trinajstić information content (AvgIpc) is 2.78. The van der Waals surface area contributed by atoms with E-state index in [0.29, 0.717) is 5.92 Å². The summed E-state index contributed by atoms with van der Waals surface area (Å²) >= 11 is 0. The normalized spacial score (nSPS) is 19.3. The zero-order chi connectivity index (χ0) is 13.0. The third kappa shape index (κ3) is 2.74. The van der Waals surface area contributed by atoms with E-state index in [4.69, 9.17) is 0 Å². The van der Waals surface area contributed by atoms with Gasteiger partial charge in [0.2, 0.25) is 0 Å². The molecule has 0 atom stereocenters. The number of nitrogens with one attached hydrogen (secondary N) is 1. The van der Waals surface area contributed by atoms with Gasteiger partial charge in [-0.2, -0.15) is 0 Å². The number of piperidine rings is 1. The van der Waals surface area contributed by atoms with E-state index in [1.807, 2.05) is 6.33 Å². The van der Waals surface area contributed by atoms with Crippen molar-refractivity contribution in [2.45, 2.75) is 58.4 Å². The fourth-order valence-corrected chi connectivity index (χ4v) is 3.16. The van der Waals surface area contributed by atoms with E-state index in [1.165, 1.54) is 31.5 Å². The Hall–Kier alpha value is -0.900. The summed E-state index contributed by atoms with van der Waals surface area (Å²) in [6, 6.07) is 0. The molecule has 1 aromatic heterocycles. The number of rotatable bonds is 5. The lowest BCUT2D eigenvalue weighted by molar-refractivity contribution is 0.258. The van der Waals surface area contributed by atoms with Gasteiger partial charge in [0.15, 0.2) is 0 Å². The number of hydrogen-bond donors (Lipinski definition) is 1. The third-order valence-electron chi connectivity index (χ3n) is 3.94. The van der Waals surface area contributed by atoms with Gasteiger partial charge in [0.05, 0.1) is 0 Å². The average molecular weight is 250 g/mol. The predicted octanol–water partition coefficient (Wildman–Crippen LogP) is 2.36. The lowest BCUT2D eigenvalue weighted by atomic mass is 9.74. The van der Waals surface area contributed by atoms with Crippen molar-refractivity contribution in [1.82, 2.24) is 20.1 Å². The van der Waals surface area contributed by atoms with Crippen LogP contribution in [-0.4, -0.2) is 27.9 Å². The highest BCUT2D eigenvalue weighted by atomic mass is 15.3. The van der Waals surface area contributed by atoms with Crippen molar-refractivity contribution in [2.75, 3.05) is 13.1 Å². The Balaban J connectivity index is 2.27. The first-order valence-corrected chi connectivity index (χ1v) is 7.27. The SMILES string of the molecule is CCCC1(c2nncn2CC(C)C)CCNCC1. The van der Waals surface area contributed by atoms with Crippen LogP contribution in [0.1, 0.15) is 52.3 Å². The Kier molecular flexibility index (Phi) is 4.38. The molecule has 0 amide bonds. The highest BCUT2D eigenvalue weighted by molar-refractivity contribution is 5.10. The molecule has 4 heteroatoms. The monoisotopic (exact) mass is 250 g/mol. The number of aromatic nitrogens is 3. The Morgan fingerprint density at radius 2 is 2.11 bits per heavy atom. The molecule has 0 bridgehead atoms. The maximum atomic E-state index is 4.47. The quantitative estimate of drug-likeness (QED) is 0.872. The Morgan fingerprint density at radius 1 is 1.39 bits per heavy atom. The van der Waals surface area contributed by atoms with E-state index in [-0.39, 0.29) is 5.41 Å². The molecule has 1 fully saturated rings. The van der Waals surface area contributed by atoms with E-state index >= 15 is 0 Å². The van der Waals surface area contributed by atoms with Gasteiger partial charge >= 0.3 is 0 Å². The highest BCUT2D eigenvalue weighted by Crippen LogP contribution is 2.36. The molecule has 1 saturated heterocycles. The zero-order valence-electron chi connectivity index (χ0n) is 11.9. The summed E-state index contributed by atoms with van der Waals surface area (Å²) in [6.45, 7) is 10.0. The molecule has 2 heterocycles. The Bertz CT molecular complexity index is 358. The minimum Gasteiger partial charge on any atom is -0.317 e. The molecular weight excluding hydrogens is 224 g/mol. The highest BCUT2D eigenvalue weighted by Gasteiger charge is 2.37. The second-order valence-electron chi connectivity index (χ2n) is 5.98. The van der Waals surface area contributed by atoms with E-state index in [2.05, 4.69) is 40.9 Å². The van der Waals surface area contributed by atoms with Crippen molar-refractivity contribution in [1.29, 1.82) is 0 Å². The first-order valence-electron chi connectivity index (χ1n) is 7.27. The van der Waals surface area contributed by atoms with Gasteiger partial charge in [-0.15, -0.1) is 10.2 Å². The second kappa shape index (κ2) is 5.83. The molecule has 1 N–H and O–H groups in total. The molecule has 0 aliphatic carbocycles. The lowest BCUT2D eigenvalue weighted by Crippen LogP contribution is -2.41. The van der Waals surface area contributed by atoms with Gasteiger partial charge in [-0.25, -0.2) is 0 Å². The second-order valence-corrected chi connectivity index (χ2v) is 5.98. The Labute approximate surface area is 110 Å². The van der Waals surface area contributed by atoms with E-state index in [1.54, 1.807) is 0 Å².